The van der Waals surface area contributed by atoms with Gasteiger partial charge in [-0.2, -0.15) is 0 Å². The molecule has 0 aliphatic carbocycles. The molecule has 0 radical (unpaired) electrons. The van der Waals surface area contributed by atoms with E-state index in [1.165, 1.54) is 0 Å². The number of carbonyl (C=O) groups excluding carboxylic acids is 1. The molecule has 1 fully saturated rings. The molecule has 1 aliphatic heterocycles. The van der Waals surface area contributed by atoms with Gasteiger partial charge in [-0.1, -0.05) is 58.0 Å². The molecular weight excluding hydrogens is 308 g/mol. The minimum atomic E-state index is -0.404. The number of benzene rings is 1. The first kappa shape index (κ1) is 20.0. The Morgan fingerprint density at radius 1 is 1.26 bits per heavy atom. The molecule has 23 heavy (non-hydrogen) atoms. The lowest BCUT2D eigenvalue weighted by atomic mass is 9.73. The van der Waals surface area contributed by atoms with Crippen LogP contribution in [0, 0.1) is 5.41 Å². The molecule has 1 aliphatic rings. The van der Waals surface area contributed by atoms with Crippen molar-refractivity contribution in [3.8, 4) is 0 Å². The van der Waals surface area contributed by atoms with Gasteiger partial charge in [-0.05, 0) is 30.2 Å². The second-order valence-corrected chi connectivity index (χ2v) is 7.27. The molecular formula is C19H31ClN2O. The average molecular weight is 339 g/mol. The van der Waals surface area contributed by atoms with Gasteiger partial charge < -0.3 is 10.6 Å². The third-order valence-electron chi connectivity index (χ3n) is 5.54. The summed E-state index contributed by atoms with van der Waals surface area (Å²) in [5, 5.41) is 0. The van der Waals surface area contributed by atoms with E-state index in [0.717, 1.165) is 37.9 Å². The zero-order chi connectivity index (χ0) is 16.4. The van der Waals surface area contributed by atoms with Crippen molar-refractivity contribution in [2.75, 3.05) is 13.1 Å². The summed E-state index contributed by atoms with van der Waals surface area (Å²) in [6.45, 7) is 10.1. The molecule has 1 saturated heterocycles. The van der Waals surface area contributed by atoms with E-state index in [9.17, 15) is 4.79 Å². The first-order valence-electron chi connectivity index (χ1n) is 8.48. The van der Waals surface area contributed by atoms with Gasteiger partial charge in [0, 0.05) is 19.1 Å². The van der Waals surface area contributed by atoms with Crippen molar-refractivity contribution in [2.45, 2.75) is 58.4 Å². The normalized spacial score (nSPS) is 20.7. The maximum absolute atomic E-state index is 13.4. The van der Waals surface area contributed by atoms with Crippen LogP contribution >= 0.6 is 12.4 Å². The molecule has 1 amide bonds. The van der Waals surface area contributed by atoms with E-state index in [1.807, 2.05) is 23.1 Å². The Balaban J connectivity index is 0.00000264. The number of amides is 1. The van der Waals surface area contributed by atoms with Crippen LogP contribution in [0.15, 0.2) is 30.3 Å². The lowest BCUT2D eigenvalue weighted by molar-refractivity contribution is -0.141. The molecule has 4 heteroatoms. The highest BCUT2D eigenvalue weighted by Crippen LogP contribution is 2.36. The molecule has 0 bridgehead atoms. The smallest absolute Gasteiger partial charge is 0.233 e. The first-order chi connectivity index (χ1) is 10.4. The van der Waals surface area contributed by atoms with Crippen LogP contribution in [0.1, 0.15) is 52.5 Å². The number of nitrogens with zero attached hydrogens (tertiary/aromatic N) is 1. The van der Waals surface area contributed by atoms with E-state index in [0.29, 0.717) is 0 Å². The van der Waals surface area contributed by atoms with Crippen LogP contribution in [-0.4, -0.2) is 29.9 Å². The Bertz CT molecular complexity index is 511. The third-order valence-corrected chi connectivity index (χ3v) is 5.54. The number of nitrogens with two attached hydrogens (primary N) is 1. The summed E-state index contributed by atoms with van der Waals surface area (Å²) < 4.78 is 0. The van der Waals surface area contributed by atoms with Crippen LogP contribution in [0.5, 0.6) is 0 Å². The Morgan fingerprint density at radius 3 is 2.30 bits per heavy atom. The van der Waals surface area contributed by atoms with Crippen molar-refractivity contribution in [1.29, 1.82) is 0 Å². The molecule has 3 nitrogen and oxygen atoms in total. The Morgan fingerprint density at radius 2 is 1.83 bits per heavy atom. The van der Waals surface area contributed by atoms with Gasteiger partial charge in [0.05, 0.1) is 5.41 Å². The quantitative estimate of drug-likeness (QED) is 0.908. The zero-order valence-corrected chi connectivity index (χ0v) is 15.7. The maximum atomic E-state index is 13.4. The van der Waals surface area contributed by atoms with Crippen LogP contribution in [0.3, 0.4) is 0 Å². The average Bonchev–Trinajstić information content (AvgIpc) is 2.52. The summed E-state index contributed by atoms with van der Waals surface area (Å²) >= 11 is 0. The second-order valence-electron chi connectivity index (χ2n) is 7.27. The predicted octanol–water partition coefficient (Wildman–Crippen LogP) is 3.75. The number of likely N-dealkylation sites (tertiary alicyclic amines) is 1. The fraction of sp³-hybridized carbons (Fsp3) is 0.632. The predicted molar refractivity (Wildman–Crippen MR) is 98.9 cm³/mol. The van der Waals surface area contributed by atoms with Crippen molar-refractivity contribution in [3.63, 3.8) is 0 Å². The van der Waals surface area contributed by atoms with Crippen LogP contribution in [0.25, 0.3) is 0 Å². The van der Waals surface area contributed by atoms with E-state index in [2.05, 4.69) is 39.8 Å². The largest absolute Gasteiger partial charge is 0.341 e. The van der Waals surface area contributed by atoms with E-state index in [-0.39, 0.29) is 29.8 Å². The number of halogens is 1. The molecule has 1 heterocycles. The summed E-state index contributed by atoms with van der Waals surface area (Å²) in [6, 6.07) is 10.4. The van der Waals surface area contributed by atoms with Gasteiger partial charge in [0.2, 0.25) is 5.91 Å². The zero-order valence-electron chi connectivity index (χ0n) is 14.8. The van der Waals surface area contributed by atoms with Gasteiger partial charge in [-0.15, -0.1) is 12.4 Å². The number of hydrogen-bond acceptors (Lipinski definition) is 2. The highest BCUT2D eigenvalue weighted by atomic mass is 35.5. The molecule has 1 aromatic carbocycles. The molecule has 1 aromatic rings. The lowest BCUT2D eigenvalue weighted by Crippen LogP contribution is -2.57. The molecule has 0 saturated carbocycles. The summed E-state index contributed by atoms with van der Waals surface area (Å²) in [5.74, 6) is 0.267. The van der Waals surface area contributed by atoms with Crippen molar-refractivity contribution in [2.24, 2.45) is 11.1 Å². The SMILES string of the molecule is CCC(CC)(C(=O)N1CCC(N)C(C)(C)C1)c1ccccc1.Cl. The Kier molecular flexibility index (Phi) is 6.67. The summed E-state index contributed by atoms with van der Waals surface area (Å²) in [6.07, 6.45) is 2.54. The fourth-order valence-electron chi connectivity index (χ4n) is 3.69. The van der Waals surface area contributed by atoms with E-state index < -0.39 is 5.41 Å². The molecule has 0 spiro atoms. The minimum absolute atomic E-state index is 0. The Labute approximate surface area is 147 Å². The molecule has 0 aromatic heterocycles. The lowest BCUT2D eigenvalue weighted by Gasteiger charge is -2.46. The number of rotatable bonds is 4. The van der Waals surface area contributed by atoms with Gasteiger partial charge in [-0.3, -0.25) is 4.79 Å². The van der Waals surface area contributed by atoms with Crippen LogP contribution < -0.4 is 5.73 Å². The van der Waals surface area contributed by atoms with Gasteiger partial charge in [0.25, 0.3) is 0 Å². The van der Waals surface area contributed by atoms with Crippen molar-refractivity contribution < 1.29 is 4.79 Å². The summed E-state index contributed by atoms with van der Waals surface area (Å²) in [7, 11) is 0. The third kappa shape index (κ3) is 3.72. The highest BCUT2D eigenvalue weighted by molar-refractivity contribution is 5.88. The van der Waals surface area contributed by atoms with Gasteiger partial charge >= 0.3 is 0 Å². The number of carbonyl (C=O) groups is 1. The fourth-order valence-corrected chi connectivity index (χ4v) is 3.69. The second kappa shape index (κ2) is 7.67. The van der Waals surface area contributed by atoms with Gasteiger partial charge in [-0.25, -0.2) is 0 Å². The monoisotopic (exact) mass is 338 g/mol. The molecule has 2 N–H and O–H groups in total. The van der Waals surface area contributed by atoms with E-state index in [1.54, 1.807) is 0 Å². The van der Waals surface area contributed by atoms with Crippen molar-refractivity contribution in [1.82, 2.24) is 4.90 Å². The molecule has 130 valence electrons. The van der Waals surface area contributed by atoms with Gasteiger partial charge in [0.1, 0.15) is 0 Å². The first-order valence-corrected chi connectivity index (χ1v) is 8.48. The van der Waals surface area contributed by atoms with E-state index >= 15 is 0 Å². The standard InChI is InChI=1S/C19H30N2O.ClH/c1-5-19(6-2,15-10-8-7-9-11-15)17(22)21-13-12-16(20)18(3,4)14-21;/h7-11,16H,5-6,12-14,20H2,1-4H3;1H. The number of hydrogen-bond donors (Lipinski definition) is 1. The molecule has 1 atom stereocenters. The maximum Gasteiger partial charge on any atom is 0.233 e. The summed E-state index contributed by atoms with van der Waals surface area (Å²) in [5.41, 5.74) is 6.94. The Hall–Kier alpha value is -1.06. The van der Waals surface area contributed by atoms with Gasteiger partial charge in [0.15, 0.2) is 0 Å². The van der Waals surface area contributed by atoms with Crippen molar-refractivity contribution in [3.05, 3.63) is 35.9 Å². The number of piperidine rings is 1. The van der Waals surface area contributed by atoms with Crippen LogP contribution in [0.4, 0.5) is 0 Å². The minimum Gasteiger partial charge on any atom is -0.341 e. The van der Waals surface area contributed by atoms with Crippen LogP contribution in [0.2, 0.25) is 0 Å². The van der Waals surface area contributed by atoms with E-state index in [4.69, 9.17) is 5.73 Å². The van der Waals surface area contributed by atoms with Crippen molar-refractivity contribution >= 4 is 18.3 Å². The van der Waals surface area contributed by atoms with Crippen LogP contribution in [-0.2, 0) is 10.2 Å². The molecule has 2 rings (SSSR count). The highest BCUT2D eigenvalue weighted by Gasteiger charge is 2.43. The molecule has 1 unspecified atom stereocenters. The summed E-state index contributed by atoms with van der Waals surface area (Å²) in [4.78, 5) is 15.4. The topological polar surface area (TPSA) is 46.3 Å².